The molecule has 0 radical (unpaired) electrons. The zero-order valence-corrected chi connectivity index (χ0v) is 12.0. The van der Waals surface area contributed by atoms with E-state index in [1.807, 2.05) is 38.8 Å². The Bertz CT molecular complexity index is 580. The van der Waals surface area contributed by atoms with Crippen LogP contribution in [0.25, 0.3) is 0 Å². The van der Waals surface area contributed by atoms with Gasteiger partial charge >= 0.3 is 0 Å². The maximum Gasteiger partial charge on any atom is 0.187 e. The van der Waals surface area contributed by atoms with Crippen LogP contribution in [0, 0.1) is 13.8 Å². The van der Waals surface area contributed by atoms with Gasteiger partial charge in [-0.3, -0.25) is 0 Å². The van der Waals surface area contributed by atoms with Crippen molar-refractivity contribution in [1.29, 1.82) is 0 Å². The van der Waals surface area contributed by atoms with Crippen LogP contribution in [0.2, 0.25) is 0 Å². The van der Waals surface area contributed by atoms with Crippen LogP contribution in [0.3, 0.4) is 0 Å². The number of benzene rings is 1. The second-order valence-electron chi connectivity index (χ2n) is 5.02. The highest BCUT2D eigenvalue weighted by Gasteiger charge is 2.41. The first-order chi connectivity index (χ1) is 8.30. The van der Waals surface area contributed by atoms with Gasteiger partial charge in [-0.25, -0.2) is 8.42 Å². The van der Waals surface area contributed by atoms with E-state index >= 15 is 0 Å². The molecule has 0 saturated carbocycles. The summed E-state index contributed by atoms with van der Waals surface area (Å²) in [5, 5.41) is 8.61. The summed E-state index contributed by atoms with van der Waals surface area (Å²) in [6, 6.07) is 3.40. The molecule has 0 fully saturated rings. The van der Waals surface area contributed by atoms with Crippen LogP contribution < -0.4 is 4.90 Å². The molecule has 5 heteroatoms. The third-order valence-electron chi connectivity index (χ3n) is 3.99. The lowest BCUT2D eigenvalue weighted by molar-refractivity contribution is 0.277. The standard InChI is InChI=1S/C13H19NO3S/c1-8-5-11-12(6-9(8)2)18(16,17)13(7-15)10(3)14(11)4/h5-6,10,13,15H,7H2,1-4H3. The highest BCUT2D eigenvalue weighted by Crippen LogP contribution is 2.37. The van der Waals surface area contributed by atoms with Crippen LogP contribution in [0.15, 0.2) is 17.0 Å². The highest BCUT2D eigenvalue weighted by atomic mass is 32.2. The summed E-state index contributed by atoms with van der Waals surface area (Å²) in [7, 11) is -1.58. The Hall–Kier alpha value is -1.07. The van der Waals surface area contributed by atoms with Crippen molar-refractivity contribution in [2.45, 2.75) is 37.0 Å². The molecule has 1 N–H and O–H groups in total. The summed E-state index contributed by atoms with van der Waals surface area (Å²) >= 11 is 0. The van der Waals surface area contributed by atoms with Crippen molar-refractivity contribution in [3.63, 3.8) is 0 Å². The number of aryl methyl sites for hydroxylation is 2. The van der Waals surface area contributed by atoms with E-state index in [0.29, 0.717) is 4.90 Å². The Kier molecular flexibility index (Phi) is 3.15. The molecule has 4 nitrogen and oxygen atoms in total. The Morgan fingerprint density at radius 3 is 2.39 bits per heavy atom. The molecule has 2 unspecified atom stereocenters. The van der Waals surface area contributed by atoms with Gasteiger partial charge in [-0.15, -0.1) is 0 Å². The van der Waals surface area contributed by atoms with E-state index in [4.69, 9.17) is 0 Å². The minimum Gasteiger partial charge on any atom is -0.395 e. The van der Waals surface area contributed by atoms with Gasteiger partial charge in [0.1, 0.15) is 5.25 Å². The van der Waals surface area contributed by atoms with Crippen molar-refractivity contribution in [2.24, 2.45) is 0 Å². The third-order valence-corrected chi connectivity index (χ3v) is 6.27. The van der Waals surface area contributed by atoms with Gasteiger partial charge in [-0.1, -0.05) is 0 Å². The largest absolute Gasteiger partial charge is 0.395 e. The normalized spacial score (nSPS) is 25.9. The molecule has 1 aromatic rings. The predicted octanol–water partition coefficient (Wildman–Crippen LogP) is 1.28. The summed E-state index contributed by atoms with van der Waals surface area (Å²) in [4.78, 5) is 2.27. The quantitative estimate of drug-likeness (QED) is 0.834. The minimum absolute atomic E-state index is 0.227. The van der Waals surface area contributed by atoms with E-state index in [0.717, 1.165) is 16.8 Å². The SMILES string of the molecule is Cc1cc2c(cc1C)S(=O)(=O)C(CO)C(C)N2C. The summed E-state index contributed by atoms with van der Waals surface area (Å²) in [6.07, 6.45) is 0. The van der Waals surface area contributed by atoms with Gasteiger partial charge in [0, 0.05) is 13.1 Å². The Labute approximate surface area is 108 Å². The zero-order chi connectivity index (χ0) is 13.7. The molecule has 2 atom stereocenters. The Morgan fingerprint density at radius 1 is 1.28 bits per heavy atom. The summed E-state index contributed by atoms with van der Waals surface area (Å²) in [5.74, 6) is 0. The fraction of sp³-hybridized carbons (Fsp3) is 0.538. The molecule has 0 saturated heterocycles. The zero-order valence-electron chi connectivity index (χ0n) is 11.1. The average Bonchev–Trinajstić information content (AvgIpc) is 2.30. The number of aliphatic hydroxyl groups excluding tert-OH is 1. The molecule has 18 heavy (non-hydrogen) atoms. The molecule has 1 aromatic carbocycles. The molecule has 100 valence electrons. The highest BCUT2D eigenvalue weighted by molar-refractivity contribution is 7.92. The fourth-order valence-electron chi connectivity index (χ4n) is 2.42. The molecule has 0 spiro atoms. The molecule has 0 aromatic heterocycles. The second-order valence-corrected chi connectivity index (χ2v) is 7.16. The van der Waals surface area contributed by atoms with Gasteiger partial charge in [0.2, 0.25) is 0 Å². The van der Waals surface area contributed by atoms with Crippen molar-refractivity contribution in [2.75, 3.05) is 18.6 Å². The molecule has 1 aliphatic heterocycles. The van der Waals surface area contributed by atoms with Crippen molar-refractivity contribution in [1.82, 2.24) is 0 Å². The number of sulfone groups is 1. The first-order valence-electron chi connectivity index (χ1n) is 5.99. The number of aliphatic hydroxyl groups is 1. The van der Waals surface area contributed by atoms with E-state index in [9.17, 15) is 13.5 Å². The van der Waals surface area contributed by atoms with E-state index in [1.165, 1.54) is 0 Å². The number of anilines is 1. The lowest BCUT2D eigenvalue weighted by Gasteiger charge is -2.39. The van der Waals surface area contributed by atoms with Crippen LogP contribution in [0.5, 0.6) is 0 Å². The van der Waals surface area contributed by atoms with E-state index in [1.54, 1.807) is 6.07 Å². The first kappa shape index (κ1) is 13.4. The molecular formula is C13H19NO3S. The summed E-state index contributed by atoms with van der Waals surface area (Å²) in [6.45, 7) is 5.35. The van der Waals surface area contributed by atoms with Gasteiger partial charge in [0.15, 0.2) is 9.84 Å². The van der Waals surface area contributed by atoms with Gasteiger partial charge in [-0.05, 0) is 44.0 Å². The van der Waals surface area contributed by atoms with Gasteiger partial charge < -0.3 is 10.0 Å². The molecule has 0 bridgehead atoms. The van der Waals surface area contributed by atoms with Gasteiger partial charge in [-0.2, -0.15) is 0 Å². The molecule has 0 amide bonds. The minimum atomic E-state index is -3.45. The van der Waals surface area contributed by atoms with Crippen molar-refractivity contribution >= 4 is 15.5 Å². The van der Waals surface area contributed by atoms with Crippen molar-refractivity contribution in [3.05, 3.63) is 23.3 Å². The maximum absolute atomic E-state index is 12.5. The van der Waals surface area contributed by atoms with E-state index in [-0.39, 0.29) is 12.6 Å². The number of nitrogens with zero attached hydrogens (tertiary/aromatic N) is 1. The summed E-state index contributed by atoms with van der Waals surface area (Å²) < 4.78 is 24.9. The average molecular weight is 269 g/mol. The monoisotopic (exact) mass is 269 g/mol. The van der Waals surface area contributed by atoms with Gasteiger partial charge in [0.05, 0.1) is 17.2 Å². The van der Waals surface area contributed by atoms with Crippen LogP contribution in [-0.4, -0.2) is 38.5 Å². The van der Waals surface area contributed by atoms with E-state index < -0.39 is 15.1 Å². The summed E-state index contributed by atoms with van der Waals surface area (Å²) in [5.41, 5.74) is 2.76. The third kappa shape index (κ3) is 1.73. The topological polar surface area (TPSA) is 57.6 Å². The molecule has 0 aliphatic carbocycles. The number of hydrogen-bond acceptors (Lipinski definition) is 4. The molecular weight excluding hydrogens is 250 g/mol. The van der Waals surface area contributed by atoms with Crippen LogP contribution in [0.4, 0.5) is 5.69 Å². The first-order valence-corrected chi connectivity index (χ1v) is 7.54. The maximum atomic E-state index is 12.5. The molecule has 2 rings (SSSR count). The van der Waals surface area contributed by atoms with Crippen LogP contribution in [-0.2, 0) is 9.84 Å². The Balaban J connectivity index is 2.75. The predicted molar refractivity (Wildman–Crippen MR) is 71.8 cm³/mol. The number of fused-ring (bicyclic) bond motifs is 1. The number of rotatable bonds is 1. The fourth-order valence-corrected chi connectivity index (χ4v) is 4.48. The van der Waals surface area contributed by atoms with Crippen LogP contribution >= 0.6 is 0 Å². The van der Waals surface area contributed by atoms with Crippen LogP contribution in [0.1, 0.15) is 18.1 Å². The lowest BCUT2D eigenvalue weighted by Crippen LogP contribution is -2.49. The lowest BCUT2D eigenvalue weighted by atomic mass is 10.1. The van der Waals surface area contributed by atoms with E-state index in [2.05, 4.69) is 0 Å². The van der Waals surface area contributed by atoms with Crippen molar-refractivity contribution in [3.8, 4) is 0 Å². The second kappa shape index (κ2) is 4.24. The molecule has 1 aliphatic rings. The number of hydrogen-bond donors (Lipinski definition) is 1. The van der Waals surface area contributed by atoms with Crippen molar-refractivity contribution < 1.29 is 13.5 Å². The molecule has 1 heterocycles. The Morgan fingerprint density at radius 2 is 1.83 bits per heavy atom. The van der Waals surface area contributed by atoms with Gasteiger partial charge in [0.25, 0.3) is 0 Å². The smallest absolute Gasteiger partial charge is 0.187 e.